The Bertz CT molecular complexity index is 1140. The van der Waals surface area contributed by atoms with E-state index in [2.05, 4.69) is 11.1 Å². The van der Waals surface area contributed by atoms with E-state index in [1.807, 2.05) is 56.6 Å². The average Bonchev–Trinajstić information content (AvgIpc) is 3.24. The number of amides is 1. The summed E-state index contributed by atoms with van der Waals surface area (Å²) in [6.45, 7) is 3.61. The van der Waals surface area contributed by atoms with Gasteiger partial charge in [-0.25, -0.2) is 4.39 Å². The van der Waals surface area contributed by atoms with E-state index < -0.39 is 0 Å². The van der Waals surface area contributed by atoms with E-state index in [4.69, 9.17) is 4.74 Å². The van der Waals surface area contributed by atoms with Gasteiger partial charge >= 0.3 is 0 Å². The molecule has 5 heteroatoms. The number of benzene rings is 3. The lowest BCUT2D eigenvalue weighted by Gasteiger charge is -2.20. The molecular weight excluding hydrogens is 391 g/mol. The van der Waals surface area contributed by atoms with Crippen molar-refractivity contribution in [2.75, 3.05) is 13.7 Å². The summed E-state index contributed by atoms with van der Waals surface area (Å²) in [5.74, 6) is 0.384. The van der Waals surface area contributed by atoms with E-state index in [0.29, 0.717) is 25.4 Å². The first-order chi connectivity index (χ1) is 15.0. The predicted octanol–water partition coefficient (Wildman–Crippen LogP) is 5.03. The van der Waals surface area contributed by atoms with Crippen molar-refractivity contribution in [2.24, 2.45) is 4.99 Å². The van der Waals surface area contributed by atoms with Gasteiger partial charge in [-0.2, -0.15) is 0 Å². The molecule has 0 N–H and O–H groups in total. The Balaban J connectivity index is 1.50. The van der Waals surface area contributed by atoms with E-state index >= 15 is 0 Å². The molecule has 0 unspecified atom stereocenters. The first-order valence-electron chi connectivity index (χ1n) is 10.4. The van der Waals surface area contributed by atoms with Crippen LogP contribution in [0.1, 0.15) is 29.2 Å². The molecule has 1 amide bonds. The fourth-order valence-electron chi connectivity index (χ4n) is 3.85. The number of aliphatic imine (C=N–C) groups is 1. The number of ether oxygens (including phenoxy) is 1. The van der Waals surface area contributed by atoms with Crippen molar-refractivity contribution in [2.45, 2.75) is 26.4 Å². The highest BCUT2D eigenvalue weighted by atomic mass is 19.1. The van der Waals surface area contributed by atoms with Crippen molar-refractivity contribution in [1.29, 1.82) is 0 Å². The van der Waals surface area contributed by atoms with Gasteiger partial charge in [0, 0.05) is 25.4 Å². The molecular formula is C26H25FN2O2. The van der Waals surface area contributed by atoms with Crippen LogP contribution in [0.4, 0.5) is 4.39 Å². The summed E-state index contributed by atoms with van der Waals surface area (Å²) in [6.07, 6.45) is 2.15. The van der Waals surface area contributed by atoms with Crippen LogP contribution in [-0.4, -0.2) is 30.7 Å². The normalized spacial score (nSPS) is 12.0. The molecule has 3 aromatic carbocycles. The molecule has 0 radical (unpaired) electrons. The third-order valence-corrected chi connectivity index (χ3v) is 5.46. The maximum atomic E-state index is 13.7. The number of hydrogen-bond donors (Lipinski definition) is 0. The van der Waals surface area contributed by atoms with E-state index in [1.54, 1.807) is 11.0 Å². The number of carbonyl (C=O) groups is 1. The quantitative estimate of drug-likeness (QED) is 0.542. The number of hydrogen-bond acceptors (Lipinski definition) is 3. The minimum absolute atomic E-state index is 0.0254. The van der Waals surface area contributed by atoms with Gasteiger partial charge < -0.3 is 9.64 Å². The maximum Gasteiger partial charge on any atom is 0.227 e. The predicted molar refractivity (Wildman–Crippen MR) is 121 cm³/mol. The van der Waals surface area contributed by atoms with Gasteiger partial charge in [0.2, 0.25) is 5.91 Å². The minimum atomic E-state index is -0.293. The van der Waals surface area contributed by atoms with E-state index in [9.17, 15) is 9.18 Å². The fourth-order valence-corrected chi connectivity index (χ4v) is 3.85. The Hall–Kier alpha value is -3.47. The lowest BCUT2D eigenvalue weighted by molar-refractivity contribution is -0.129. The van der Waals surface area contributed by atoms with Crippen molar-refractivity contribution < 1.29 is 13.9 Å². The Morgan fingerprint density at radius 3 is 2.77 bits per heavy atom. The van der Waals surface area contributed by atoms with Gasteiger partial charge in [0.15, 0.2) is 0 Å². The van der Waals surface area contributed by atoms with Crippen molar-refractivity contribution in [3.63, 3.8) is 0 Å². The monoisotopic (exact) mass is 416 g/mol. The Labute approximate surface area is 182 Å². The molecule has 0 bridgehead atoms. The maximum absolute atomic E-state index is 13.7. The van der Waals surface area contributed by atoms with Crippen LogP contribution in [0.25, 0.3) is 11.1 Å². The third-order valence-electron chi connectivity index (χ3n) is 5.46. The Kier molecular flexibility index (Phi) is 6.12. The average molecular weight is 416 g/mol. The molecule has 0 spiro atoms. The summed E-state index contributed by atoms with van der Waals surface area (Å²) < 4.78 is 19.5. The van der Waals surface area contributed by atoms with Gasteiger partial charge in [-0.3, -0.25) is 9.79 Å². The molecule has 4 nitrogen and oxygen atoms in total. The van der Waals surface area contributed by atoms with Crippen molar-refractivity contribution in [3.05, 3.63) is 88.7 Å². The summed E-state index contributed by atoms with van der Waals surface area (Å²) in [5, 5.41) is 0. The second-order valence-corrected chi connectivity index (χ2v) is 7.66. The summed E-state index contributed by atoms with van der Waals surface area (Å²) >= 11 is 0. The standard InChI is InChI=1S/C26H25FN2O2/c1-3-31-25-12-18(10-11-23(25)19-6-5-9-22(27)14-19)13-26(30)29(2)17-21-8-4-7-20-15-28-16-24(20)21/h4-12,14-15H,3,13,16-17H2,1-2H3. The summed E-state index contributed by atoms with van der Waals surface area (Å²) in [6, 6.07) is 18.2. The second kappa shape index (κ2) is 9.13. The largest absolute Gasteiger partial charge is 0.493 e. The number of likely N-dealkylation sites (N-methyl/N-ethyl adjacent to an activating group) is 1. The molecule has 0 aromatic heterocycles. The Morgan fingerprint density at radius 2 is 1.97 bits per heavy atom. The van der Waals surface area contributed by atoms with Gasteiger partial charge in [0.25, 0.3) is 0 Å². The molecule has 1 aliphatic heterocycles. The van der Waals surface area contributed by atoms with Crippen molar-refractivity contribution in [3.8, 4) is 16.9 Å². The van der Waals surface area contributed by atoms with Crippen LogP contribution in [0, 0.1) is 5.82 Å². The third kappa shape index (κ3) is 4.66. The highest BCUT2D eigenvalue weighted by Crippen LogP contribution is 2.32. The number of nitrogens with zero attached hydrogens (tertiary/aromatic N) is 2. The van der Waals surface area contributed by atoms with Crippen LogP contribution >= 0.6 is 0 Å². The molecule has 158 valence electrons. The second-order valence-electron chi connectivity index (χ2n) is 7.66. The Morgan fingerprint density at radius 1 is 1.13 bits per heavy atom. The molecule has 31 heavy (non-hydrogen) atoms. The van der Waals surface area contributed by atoms with Gasteiger partial charge in [-0.15, -0.1) is 0 Å². The van der Waals surface area contributed by atoms with Crippen LogP contribution in [-0.2, 0) is 24.3 Å². The topological polar surface area (TPSA) is 41.9 Å². The lowest BCUT2D eigenvalue weighted by Crippen LogP contribution is -2.28. The number of rotatable bonds is 7. The zero-order valence-corrected chi connectivity index (χ0v) is 17.8. The zero-order valence-electron chi connectivity index (χ0n) is 17.8. The molecule has 0 atom stereocenters. The van der Waals surface area contributed by atoms with Gasteiger partial charge in [-0.05, 0) is 52.9 Å². The van der Waals surface area contributed by atoms with Crippen molar-refractivity contribution >= 4 is 12.1 Å². The molecule has 0 fully saturated rings. The molecule has 1 aliphatic rings. The van der Waals surface area contributed by atoms with Gasteiger partial charge in [0.1, 0.15) is 11.6 Å². The zero-order chi connectivity index (χ0) is 21.8. The minimum Gasteiger partial charge on any atom is -0.493 e. The summed E-state index contributed by atoms with van der Waals surface area (Å²) in [7, 11) is 1.82. The van der Waals surface area contributed by atoms with Crippen LogP contribution in [0.3, 0.4) is 0 Å². The molecule has 0 saturated heterocycles. The van der Waals surface area contributed by atoms with Crippen LogP contribution < -0.4 is 4.74 Å². The number of carbonyl (C=O) groups excluding carboxylic acids is 1. The molecule has 0 aliphatic carbocycles. The van der Waals surface area contributed by atoms with Crippen LogP contribution in [0.15, 0.2) is 65.7 Å². The van der Waals surface area contributed by atoms with E-state index in [0.717, 1.165) is 27.8 Å². The highest BCUT2D eigenvalue weighted by molar-refractivity contribution is 5.85. The number of fused-ring (bicyclic) bond motifs is 1. The molecule has 1 heterocycles. The number of halogens is 1. The van der Waals surface area contributed by atoms with E-state index in [1.165, 1.54) is 17.7 Å². The van der Waals surface area contributed by atoms with Gasteiger partial charge in [-0.1, -0.05) is 42.5 Å². The smallest absolute Gasteiger partial charge is 0.227 e. The van der Waals surface area contributed by atoms with Crippen molar-refractivity contribution in [1.82, 2.24) is 4.90 Å². The van der Waals surface area contributed by atoms with Crippen LogP contribution in [0.2, 0.25) is 0 Å². The summed E-state index contributed by atoms with van der Waals surface area (Å²) in [5.41, 5.74) is 5.88. The SMILES string of the molecule is CCOc1cc(CC(=O)N(C)Cc2cccc3c2CN=C3)ccc1-c1cccc(F)c1. The van der Waals surface area contributed by atoms with Gasteiger partial charge in [0.05, 0.1) is 19.6 Å². The fraction of sp³-hybridized carbons (Fsp3) is 0.231. The van der Waals surface area contributed by atoms with E-state index in [-0.39, 0.29) is 18.1 Å². The van der Waals surface area contributed by atoms with Crippen LogP contribution in [0.5, 0.6) is 5.75 Å². The summed E-state index contributed by atoms with van der Waals surface area (Å²) in [4.78, 5) is 19.0. The first kappa shape index (κ1) is 20.8. The highest BCUT2D eigenvalue weighted by Gasteiger charge is 2.17. The lowest BCUT2D eigenvalue weighted by atomic mass is 10.0. The first-order valence-corrected chi connectivity index (χ1v) is 10.4. The molecule has 3 aromatic rings. The molecule has 0 saturated carbocycles. The molecule has 4 rings (SSSR count).